The average molecular weight is 572 g/mol. The quantitative estimate of drug-likeness (QED) is 0.395. The number of anilines is 2. The van der Waals surface area contributed by atoms with Crippen LogP contribution in [0.5, 0.6) is 5.75 Å². The Balaban J connectivity index is 1.37. The molecule has 0 radical (unpaired) electrons. The molecule has 2 aromatic rings. The van der Waals surface area contributed by atoms with Crippen molar-refractivity contribution < 1.29 is 24.2 Å². The number of ether oxygens (including phenoxy) is 2. The molecule has 2 aliphatic rings. The number of aromatic carboxylic acids is 1. The van der Waals surface area contributed by atoms with Crippen LogP contribution in [0.4, 0.5) is 11.4 Å². The number of carbonyl (C=O) groups excluding carboxylic acids is 2. The molecule has 10 heteroatoms. The van der Waals surface area contributed by atoms with E-state index in [1.54, 1.807) is 19.2 Å². The topological polar surface area (TPSA) is 120 Å². The van der Waals surface area contributed by atoms with Gasteiger partial charge in [-0.1, -0.05) is 30.7 Å². The first-order chi connectivity index (χ1) is 19.3. The molecule has 4 rings (SSSR count). The minimum absolute atomic E-state index is 0.151. The molecule has 9 nitrogen and oxygen atoms in total. The van der Waals surface area contributed by atoms with Crippen molar-refractivity contribution >= 4 is 34.9 Å². The van der Waals surface area contributed by atoms with Crippen LogP contribution in [0, 0.1) is 0 Å². The second-order valence-electron chi connectivity index (χ2n) is 10.6. The zero-order valence-corrected chi connectivity index (χ0v) is 24.4. The third-order valence-corrected chi connectivity index (χ3v) is 8.45. The smallest absolute Gasteiger partial charge is 0.255 e. The van der Waals surface area contributed by atoms with Crippen molar-refractivity contribution in [3.05, 3.63) is 51.5 Å². The summed E-state index contributed by atoms with van der Waals surface area (Å²) in [4.78, 5) is 29.5. The zero-order chi connectivity index (χ0) is 28.8. The van der Waals surface area contributed by atoms with E-state index in [0.29, 0.717) is 34.1 Å². The number of amides is 1. The van der Waals surface area contributed by atoms with Crippen LogP contribution in [0.3, 0.4) is 0 Å². The van der Waals surface area contributed by atoms with Crippen LogP contribution in [-0.2, 0) is 17.6 Å². The van der Waals surface area contributed by atoms with E-state index in [2.05, 4.69) is 22.0 Å². The van der Waals surface area contributed by atoms with E-state index in [9.17, 15) is 14.7 Å². The van der Waals surface area contributed by atoms with Crippen molar-refractivity contribution in [3.63, 3.8) is 0 Å². The zero-order valence-electron chi connectivity index (χ0n) is 23.6. The molecule has 40 heavy (non-hydrogen) atoms. The van der Waals surface area contributed by atoms with E-state index in [1.807, 2.05) is 6.07 Å². The Kier molecular flexibility index (Phi) is 10.2. The largest absolute Gasteiger partial charge is 0.545 e. The number of hydrogen-bond acceptors (Lipinski definition) is 8. The van der Waals surface area contributed by atoms with Crippen LogP contribution in [0.15, 0.2) is 24.3 Å². The van der Waals surface area contributed by atoms with Crippen LogP contribution in [-0.4, -0.2) is 75.9 Å². The summed E-state index contributed by atoms with van der Waals surface area (Å²) in [6.07, 6.45) is 5.33. The molecular formula is C30H40ClN4O5-. The van der Waals surface area contributed by atoms with Crippen molar-refractivity contribution in [3.8, 4) is 5.75 Å². The number of carbonyl (C=O) groups is 2. The summed E-state index contributed by atoms with van der Waals surface area (Å²) in [5.74, 6) is -1.01. The second-order valence-corrected chi connectivity index (χ2v) is 11.0. The van der Waals surface area contributed by atoms with E-state index in [1.165, 1.54) is 18.7 Å². The van der Waals surface area contributed by atoms with Crippen molar-refractivity contribution in [1.29, 1.82) is 0 Å². The average Bonchev–Trinajstić information content (AvgIpc) is 3.49. The predicted molar refractivity (Wildman–Crippen MR) is 155 cm³/mol. The highest BCUT2D eigenvalue weighted by Gasteiger charge is 2.31. The summed E-state index contributed by atoms with van der Waals surface area (Å²) in [5.41, 5.74) is 10.0. The number of likely N-dealkylation sites (tertiary alicyclic amines) is 1. The van der Waals surface area contributed by atoms with Gasteiger partial charge in [0, 0.05) is 50.6 Å². The second kappa shape index (κ2) is 13.6. The number of aryl methyl sites for hydroxylation is 1. The Morgan fingerprint density at radius 3 is 2.55 bits per heavy atom. The lowest BCUT2D eigenvalue weighted by Gasteiger charge is -2.38. The molecule has 0 bridgehead atoms. The summed E-state index contributed by atoms with van der Waals surface area (Å²) >= 11 is 6.16. The number of rotatable bonds is 11. The fourth-order valence-corrected chi connectivity index (χ4v) is 6.18. The molecular weight excluding hydrogens is 532 g/mol. The lowest BCUT2D eigenvalue weighted by atomic mass is 9.94. The van der Waals surface area contributed by atoms with Crippen molar-refractivity contribution in [1.82, 2.24) is 10.2 Å². The Bertz CT molecular complexity index is 1220. The lowest BCUT2D eigenvalue weighted by molar-refractivity contribution is -0.254. The number of carboxylic acid groups (broad SMARTS) is 1. The number of carboxylic acids is 1. The fourth-order valence-electron chi connectivity index (χ4n) is 6.02. The summed E-state index contributed by atoms with van der Waals surface area (Å²) in [6, 6.07) is 6.61. The number of nitrogens with one attached hydrogen (secondary N) is 1. The standard InChI is InChI=1S/C30H41ClN4O5/c1-4-20-19(9-10-21(30(37)38)28(20)35-13-5-6-14-35)8-7-12-34-15-11-25(27(18-34)40-3)33-29(36)22-16-23(31)24(32)17-26(22)39-2/h9-10,16-17,25,27H,4-8,11-15,18,32H2,1-3H3,(H,33,36)(H,37,38)/p-1/t25-,27+/m1/s1. The normalized spacial score (nSPS) is 19.6. The van der Waals surface area contributed by atoms with Crippen LogP contribution in [0.25, 0.3) is 0 Å². The fraction of sp³-hybridized carbons (Fsp3) is 0.533. The van der Waals surface area contributed by atoms with Gasteiger partial charge in [-0.05, 0) is 62.3 Å². The van der Waals surface area contributed by atoms with E-state index in [0.717, 1.165) is 76.0 Å². The minimum Gasteiger partial charge on any atom is -0.545 e. The van der Waals surface area contributed by atoms with Gasteiger partial charge in [-0.3, -0.25) is 4.79 Å². The number of nitrogen functional groups attached to an aromatic ring is 1. The molecule has 2 aromatic carbocycles. The van der Waals surface area contributed by atoms with Gasteiger partial charge in [0.2, 0.25) is 0 Å². The molecule has 2 fully saturated rings. The third-order valence-electron chi connectivity index (χ3n) is 8.12. The molecule has 218 valence electrons. The Labute approximate surface area is 241 Å². The maximum absolute atomic E-state index is 13.1. The van der Waals surface area contributed by atoms with Crippen LogP contribution in [0.1, 0.15) is 64.4 Å². The van der Waals surface area contributed by atoms with Gasteiger partial charge in [0.15, 0.2) is 0 Å². The molecule has 0 saturated carbocycles. The van der Waals surface area contributed by atoms with Gasteiger partial charge >= 0.3 is 0 Å². The third kappa shape index (κ3) is 6.65. The van der Waals surface area contributed by atoms with Crippen LogP contribution < -0.4 is 25.8 Å². The van der Waals surface area contributed by atoms with Gasteiger partial charge < -0.3 is 40.2 Å². The molecule has 2 saturated heterocycles. The van der Waals surface area contributed by atoms with Crippen molar-refractivity contribution in [2.75, 3.05) is 57.6 Å². The van der Waals surface area contributed by atoms with E-state index < -0.39 is 5.97 Å². The highest BCUT2D eigenvalue weighted by atomic mass is 35.5. The van der Waals surface area contributed by atoms with Crippen LogP contribution >= 0.6 is 11.6 Å². The van der Waals surface area contributed by atoms with Gasteiger partial charge in [-0.15, -0.1) is 0 Å². The number of nitrogens with two attached hydrogens (primary N) is 1. The molecule has 0 spiro atoms. The highest BCUT2D eigenvalue weighted by Crippen LogP contribution is 2.33. The minimum atomic E-state index is -1.11. The summed E-state index contributed by atoms with van der Waals surface area (Å²) in [5, 5.41) is 15.3. The molecule has 0 aromatic heterocycles. The van der Waals surface area contributed by atoms with Crippen LogP contribution in [0.2, 0.25) is 5.02 Å². The first-order valence-electron chi connectivity index (χ1n) is 14.1. The first kappa shape index (κ1) is 30.0. The predicted octanol–water partition coefficient (Wildman–Crippen LogP) is 2.91. The molecule has 0 aliphatic carbocycles. The first-order valence-corrected chi connectivity index (χ1v) is 14.4. The summed E-state index contributed by atoms with van der Waals surface area (Å²) < 4.78 is 11.1. The van der Waals surface area contributed by atoms with E-state index >= 15 is 0 Å². The van der Waals surface area contributed by atoms with Gasteiger partial charge in [0.05, 0.1) is 41.5 Å². The van der Waals surface area contributed by atoms with Crippen molar-refractivity contribution in [2.45, 2.75) is 57.6 Å². The van der Waals surface area contributed by atoms with E-state index in [-0.39, 0.29) is 18.1 Å². The molecule has 3 N–H and O–H groups in total. The van der Waals surface area contributed by atoms with Gasteiger partial charge in [0.1, 0.15) is 5.75 Å². The van der Waals surface area contributed by atoms with Gasteiger partial charge in [-0.2, -0.15) is 0 Å². The lowest BCUT2D eigenvalue weighted by Crippen LogP contribution is -2.55. The maximum atomic E-state index is 13.1. The Morgan fingerprint density at radius 1 is 1.15 bits per heavy atom. The maximum Gasteiger partial charge on any atom is 0.255 e. The van der Waals surface area contributed by atoms with Gasteiger partial charge in [0.25, 0.3) is 5.91 Å². The number of methoxy groups -OCH3 is 2. The number of benzene rings is 2. The molecule has 0 unspecified atom stereocenters. The Morgan fingerprint density at radius 2 is 1.90 bits per heavy atom. The summed E-state index contributed by atoms with van der Waals surface area (Å²) in [6.45, 7) is 6.27. The molecule has 2 heterocycles. The van der Waals surface area contributed by atoms with Gasteiger partial charge in [-0.25, -0.2) is 0 Å². The monoisotopic (exact) mass is 571 g/mol. The number of nitrogens with zero attached hydrogens (tertiary/aromatic N) is 2. The molecule has 1 amide bonds. The molecule has 2 aliphatic heterocycles. The molecule has 2 atom stereocenters. The number of piperidine rings is 1. The number of hydrogen-bond donors (Lipinski definition) is 2. The highest BCUT2D eigenvalue weighted by molar-refractivity contribution is 6.33. The summed E-state index contributed by atoms with van der Waals surface area (Å²) in [7, 11) is 3.16. The Hall–Kier alpha value is -3.01. The van der Waals surface area contributed by atoms with Crippen molar-refractivity contribution in [2.24, 2.45) is 0 Å². The van der Waals surface area contributed by atoms with E-state index in [4.69, 9.17) is 26.8 Å². The number of halogens is 1. The SMILES string of the molecule is CCc1c(CCCN2CC[C@@H](NC(=O)c3cc(Cl)c(N)cc3OC)[C@@H](OC)C2)ccc(C(=O)[O-])c1N1CCCC1.